The Labute approximate surface area is 211 Å². The van der Waals surface area contributed by atoms with E-state index in [1.165, 1.54) is 0 Å². The van der Waals surface area contributed by atoms with Crippen LogP contribution in [0, 0.1) is 29.1 Å². The van der Waals surface area contributed by atoms with Crippen molar-refractivity contribution in [1.82, 2.24) is 10.2 Å². The summed E-state index contributed by atoms with van der Waals surface area (Å²) in [6, 6.07) is 23.6. The van der Waals surface area contributed by atoms with Crippen LogP contribution < -0.4 is 10.1 Å². The van der Waals surface area contributed by atoms with Gasteiger partial charge in [-0.15, -0.1) is 0 Å². The molecular formula is C30H27N3O3. The van der Waals surface area contributed by atoms with Crippen LogP contribution in [0.4, 0.5) is 0 Å². The van der Waals surface area contributed by atoms with Gasteiger partial charge in [-0.1, -0.05) is 24.0 Å². The number of carbonyl (C=O) groups is 1. The van der Waals surface area contributed by atoms with Crippen LogP contribution in [-0.4, -0.2) is 41.1 Å². The molecule has 6 heteroatoms. The summed E-state index contributed by atoms with van der Waals surface area (Å²) in [5, 5.41) is 22.8. The third kappa shape index (κ3) is 5.42. The molecule has 1 atom stereocenters. The second-order valence-corrected chi connectivity index (χ2v) is 9.37. The van der Waals surface area contributed by atoms with Crippen LogP contribution in [0.2, 0.25) is 0 Å². The standard InChI is InChI=1S/C30H27N3O3/c31-19-23-2-1-3-24(18-23)20-32-29(34)25-6-10-28(11-7-25)36-27-8-4-22(5-9-27)12-15-30(35)21-33-16-13-26(30)14-17-33/h1-11,18,26,35H,13-14,16-17,20-21H2,(H,32,34)/t30-/m0/s1. The molecule has 3 aliphatic heterocycles. The van der Waals surface area contributed by atoms with Gasteiger partial charge in [0, 0.05) is 30.1 Å². The van der Waals surface area contributed by atoms with Gasteiger partial charge in [0.2, 0.25) is 0 Å². The number of nitrogens with zero attached hydrogens (tertiary/aromatic N) is 2. The predicted octanol–water partition coefficient (Wildman–Crippen LogP) is 4.09. The Hall–Kier alpha value is -4.10. The number of carbonyl (C=O) groups excluding carboxylic acids is 1. The first kappa shape index (κ1) is 23.6. The number of piperidine rings is 3. The van der Waals surface area contributed by atoms with Crippen molar-refractivity contribution in [3.05, 3.63) is 95.1 Å². The molecule has 6 nitrogen and oxygen atoms in total. The summed E-state index contributed by atoms with van der Waals surface area (Å²) in [5.41, 5.74) is 1.87. The molecule has 2 N–H and O–H groups in total. The summed E-state index contributed by atoms with van der Waals surface area (Å²) in [6.45, 7) is 3.10. The SMILES string of the molecule is N#Cc1cccc(CNC(=O)c2ccc(Oc3ccc(C#C[C@]4(O)CN5CCC4CC5)cc3)cc2)c1. The Bertz CT molecular complexity index is 1340. The average molecular weight is 478 g/mol. The fourth-order valence-electron chi connectivity index (χ4n) is 4.81. The number of amides is 1. The molecule has 1 amide bonds. The minimum absolute atomic E-state index is 0.198. The molecule has 36 heavy (non-hydrogen) atoms. The van der Waals surface area contributed by atoms with Gasteiger partial charge in [-0.2, -0.15) is 5.26 Å². The Morgan fingerprint density at radius 2 is 1.72 bits per heavy atom. The largest absolute Gasteiger partial charge is 0.457 e. The van der Waals surface area contributed by atoms with Crippen molar-refractivity contribution in [2.24, 2.45) is 5.92 Å². The molecule has 0 aliphatic carbocycles. The molecule has 3 aliphatic rings. The van der Waals surface area contributed by atoms with Gasteiger partial charge in [-0.25, -0.2) is 0 Å². The topological polar surface area (TPSA) is 85.6 Å². The molecule has 0 unspecified atom stereocenters. The molecule has 3 aromatic rings. The number of benzene rings is 3. The van der Waals surface area contributed by atoms with Crippen molar-refractivity contribution in [2.75, 3.05) is 19.6 Å². The van der Waals surface area contributed by atoms with Crippen LogP contribution in [0.3, 0.4) is 0 Å². The number of hydrogen-bond donors (Lipinski definition) is 2. The third-order valence-electron chi connectivity index (χ3n) is 6.87. The number of ether oxygens (including phenoxy) is 1. The van der Waals surface area contributed by atoms with Gasteiger partial charge in [0.15, 0.2) is 0 Å². The number of fused-ring (bicyclic) bond motifs is 3. The Balaban J connectivity index is 1.16. The molecule has 3 saturated heterocycles. The van der Waals surface area contributed by atoms with Crippen molar-refractivity contribution >= 4 is 5.91 Å². The zero-order valence-corrected chi connectivity index (χ0v) is 19.9. The Kier molecular flexibility index (Phi) is 6.73. The van der Waals surface area contributed by atoms with Crippen LogP contribution in [0.1, 0.15) is 39.9 Å². The van der Waals surface area contributed by atoms with Crippen molar-refractivity contribution in [3.63, 3.8) is 0 Å². The third-order valence-corrected chi connectivity index (χ3v) is 6.87. The minimum atomic E-state index is -0.916. The zero-order chi connectivity index (χ0) is 25.0. The number of nitrogens with one attached hydrogen (secondary N) is 1. The summed E-state index contributed by atoms with van der Waals surface area (Å²) >= 11 is 0. The number of rotatable bonds is 5. The molecule has 0 aromatic heterocycles. The molecule has 0 radical (unpaired) electrons. The van der Waals surface area contributed by atoms with Crippen LogP contribution in [0.15, 0.2) is 72.8 Å². The first-order chi connectivity index (χ1) is 17.5. The Morgan fingerprint density at radius 1 is 1.03 bits per heavy atom. The van der Waals surface area contributed by atoms with Crippen LogP contribution >= 0.6 is 0 Å². The lowest BCUT2D eigenvalue weighted by molar-refractivity contribution is -0.0713. The first-order valence-electron chi connectivity index (χ1n) is 12.1. The second-order valence-electron chi connectivity index (χ2n) is 9.37. The summed E-state index contributed by atoms with van der Waals surface area (Å²) in [6.07, 6.45) is 2.02. The fraction of sp³-hybridized carbons (Fsp3) is 0.267. The van der Waals surface area contributed by atoms with Gasteiger partial charge in [0.25, 0.3) is 5.91 Å². The van der Waals surface area contributed by atoms with Crippen LogP contribution in [0.25, 0.3) is 0 Å². The predicted molar refractivity (Wildman–Crippen MR) is 136 cm³/mol. The van der Waals surface area contributed by atoms with Gasteiger partial charge in [-0.05, 0) is 92.2 Å². The first-order valence-corrected chi connectivity index (χ1v) is 12.1. The van der Waals surface area contributed by atoms with Crippen molar-refractivity contribution in [3.8, 4) is 29.4 Å². The average Bonchev–Trinajstić information content (AvgIpc) is 2.92. The van der Waals surface area contributed by atoms with Crippen LogP contribution in [-0.2, 0) is 6.54 Å². The van der Waals surface area contributed by atoms with Gasteiger partial charge in [-0.3, -0.25) is 9.69 Å². The summed E-state index contributed by atoms with van der Waals surface area (Å²) in [4.78, 5) is 14.8. The highest BCUT2D eigenvalue weighted by Crippen LogP contribution is 2.35. The summed E-state index contributed by atoms with van der Waals surface area (Å²) < 4.78 is 5.91. The molecule has 3 aromatic carbocycles. The van der Waals surface area contributed by atoms with Crippen molar-refractivity contribution in [2.45, 2.75) is 25.0 Å². The van der Waals surface area contributed by atoms with Gasteiger partial charge in [0.05, 0.1) is 11.6 Å². The van der Waals surface area contributed by atoms with Gasteiger partial charge < -0.3 is 15.2 Å². The van der Waals surface area contributed by atoms with Crippen molar-refractivity contribution in [1.29, 1.82) is 5.26 Å². The molecule has 2 bridgehead atoms. The van der Waals surface area contributed by atoms with E-state index in [2.05, 4.69) is 28.1 Å². The number of hydrogen-bond acceptors (Lipinski definition) is 5. The summed E-state index contributed by atoms with van der Waals surface area (Å²) in [5.74, 6) is 7.61. The van der Waals surface area contributed by atoms with Gasteiger partial charge >= 0.3 is 0 Å². The molecule has 3 heterocycles. The van der Waals surface area contributed by atoms with Gasteiger partial charge in [0.1, 0.15) is 17.1 Å². The quantitative estimate of drug-likeness (QED) is 0.541. The zero-order valence-electron chi connectivity index (χ0n) is 19.9. The molecular weight excluding hydrogens is 450 g/mol. The monoisotopic (exact) mass is 477 g/mol. The highest BCUT2D eigenvalue weighted by atomic mass is 16.5. The maximum absolute atomic E-state index is 12.5. The van der Waals surface area contributed by atoms with E-state index >= 15 is 0 Å². The summed E-state index contributed by atoms with van der Waals surface area (Å²) in [7, 11) is 0. The number of nitriles is 1. The lowest BCUT2D eigenvalue weighted by Gasteiger charge is -2.47. The van der Waals surface area contributed by atoms with Crippen LogP contribution in [0.5, 0.6) is 11.5 Å². The Morgan fingerprint density at radius 3 is 2.36 bits per heavy atom. The van der Waals surface area contributed by atoms with E-state index in [0.29, 0.717) is 35.7 Å². The van der Waals surface area contributed by atoms with E-state index in [4.69, 9.17) is 10.00 Å². The van der Waals surface area contributed by atoms with E-state index in [1.54, 1.807) is 42.5 Å². The fourth-order valence-corrected chi connectivity index (χ4v) is 4.81. The van der Waals surface area contributed by atoms with E-state index in [0.717, 1.165) is 37.1 Å². The molecule has 3 fully saturated rings. The second kappa shape index (κ2) is 10.3. The van der Waals surface area contributed by atoms with E-state index < -0.39 is 5.60 Å². The lowest BCUT2D eigenvalue weighted by Crippen LogP contribution is -2.58. The molecule has 6 rings (SSSR count). The van der Waals surface area contributed by atoms with E-state index in [1.807, 2.05) is 30.3 Å². The number of aliphatic hydroxyl groups is 1. The maximum Gasteiger partial charge on any atom is 0.251 e. The maximum atomic E-state index is 12.5. The minimum Gasteiger partial charge on any atom is -0.457 e. The molecule has 0 spiro atoms. The highest BCUT2D eigenvalue weighted by molar-refractivity contribution is 5.94. The lowest BCUT2D eigenvalue weighted by atomic mass is 9.76. The molecule has 0 saturated carbocycles. The smallest absolute Gasteiger partial charge is 0.251 e. The normalized spacial score (nSPS) is 22.1. The highest BCUT2D eigenvalue weighted by Gasteiger charge is 2.44. The van der Waals surface area contributed by atoms with E-state index in [-0.39, 0.29) is 11.8 Å². The van der Waals surface area contributed by atoms with Crippen molar-refractivity contribution < 1.29 is 14.6 Å². The molecule has 180 valence electrons. The van der Waals surface area contributed by atoms with E-state index in [9.17, 15) is 9.90 Å².